The first-order valence-corrected chi connectivity index (χ1v) is 5.91. The van der Waals surface area contributed by atoms with Crippen LogP contribution in [0.2, 0.25) is 0 Å². The lowest BCUT2D eigenvalue weighted by molar-refractivity contribution is 0.603. The molecule has 0 saturated heterocycles. The summed E-state index contributed by atoms with van der Waals surface area (Å²) in [5.74, 6) is 7.79. The molecule has 4 nitrogen and oxygen atoms in total. The molecule has 3 N–H and O–H groups in total. The van der Waals surface area contributed by atoms with Crippen LogP contribution in [0.3, 0.4) is 0 Å². The van der Waals surface area contributed by atoms with Gasteiger partial charge in [-0.25, -0.2) is 10.8 Å². The lowest BCUT2D eigenvalue weighted by Crippen LogP contribution is -2.30. The van der Waals surface area contributed by atoms with E-state index in [-0.39, 0.29) is 0 Å². The van der Waals surface area contributed by atoms with E-state index in [0.717, 1.165) is 18.2 Å². The molecule has 0 amide bonds. The Kier molecular flexibility index (Phi) is 3.29. The van der Waals surface area contributed by atoms with E-state index < -0.39 is 0 Å². The second-order valence-corrected chi connectivity index (χ2v) is 4.80. The molecule has 1 saturated carbocycles. The van der Waals surface area contributed by atoms with E-state index in [1.807, 2.05) is 12.1 Å². The number of nitrogens with zero attached hydrogens (tertiary/aromatic N) is 2. The van der Waals surface area contributed by atoms with Gasteiger partial charge in [0.25, 0.3) is 0 Å². The van der Waals surface area contributed by atoms with Crippen LogP contribution >= 0.6 is 0 Å². The molecule has 0 aliphatic heterocycles. The molecule has 0 unspecified atom stereocenters. The van der Waals surface area contributed by atoms with Gasteiger partial charge in [0.15, 0.2) is 0 Å². The van der Waals surface area contributed by atoms with Gasteiger partial charge < -0.3 is 10.3 Å². The first-order valence-electron chi connectivity index (χ1n) is 5.91. The number of hydrogen-bond donors (Lipinski definition) is 2. The molecule has 1 heterocycles. The lowest BCUT2D eigenvalue weighted by Gasteiger charge is -2.25. The number of pyridine rings is 1. The Labute approximate surface area is 96.8 Å². The van der Waals surface area contributed by atoms with Gasteiger partial charge in [-0.1, -0.05) is 19.9 Å². The molecule has 1 aliphatic carbocycles. The molecule has 2 rings (SSSR count). The number of hydrazine groups is 1. The van der Waals surface area contributed by atoms with E-state index in [4.69, 9.17) is 5.84 Å². The van der Waals surface area contributed by atoms with E-state index >= 15 is 0 Å². The molecule has 88 valence electrons. The summed E-state index contributed by atoms with van der Waals surface area (Å²) in [4.78, 5) is 6.89. The standard InChI is InChI=1S/C12H20N4/c1-9(2)8-16(10-6-7-10)12-5-3-4-11(14-12)15-13/h3-5,9-10H,6-8,13H2,1-2H3,(H,14,15). The van der Waals surface area contributed by atoms with Crippen molar-refractivity contribution < 1.29 is 0 Å². The molecule has 0 atom stereocenters. The molecule has 16 heavy (non-hydrogen) atoms. The molecular weight excluding hydrogens is 200 g/mol. The summed E-state index contributed by atoms with van der Waals surface area (Å²) in [6.07, 6.45) is 2.57. The number of nitrogens with one attached hydrogen (secondary N) is 1. The van der Waals surface area contributed by atoms with Crippen molar-refractivity contribution in [3.05, 3.63) is 18.2 Å². The molecule has 1 aliphatic rings. The molecule has 0 spiro atoms. The highest BCUT2D eigenvalue weighted by atomic mass is 15.3. The third kappa shape index (κ3) is 2.64. The van der Waals surface area contributed by atoms with Crippen LogP contribution in [0.15, 0.2) is 18.2 Å². The zero-order valence-electron chi connectivity index (χ0n) is 9.98. The van der Waals surface area contributed by atoms with E-state index in [1.54, 1.807) is 0 Å². The summed E-state index contributed by atoms with van der Waals surface area (Å²) >= 11 is 0. The largest absolute Gasteiger partial charge is 0.353 e. The Morgan fingerprint density at radius 2 is 2.25 bits per heavy atom. The summed E-state index contributed by atoms with van der Waals surface area (Å²) < 4.78 is 0. The van der Waals surface area contributed by atoms with Crippen molar-refractivity contribution in [3.63, 3.8) is 0 Å². The van der Waals surface area contributed by atoms with Crippen molar-refractivity contribution in [1.29, 1.82) is 0 Å². The van der Waals surface area contributed by atoms with Crippen LogP contribution in [-0.2, 0) is 0 Å². The van der Waals surface area contributed by atoms with Gasteiger partial charge in [0.1, 0.15) is 11.6 Å². The predicted molar refractivity (Wildman–Crippen MR) is 67.3 cm³/mol. The fraction of sp³-hybridized carbons (Fsp3) is 0.583. The summed E-state index contributed by atoms with van der Waals surface area (Å²) in [5.41, 5.74) is 2.60. The average Bonchev–Trinajstić information content (AvgIpc) is 3.09. The minimum atomic E-state index is 0.650. The van der Waals surface area contributed by atoms with Crippen LogP contribution in [0, 0.1) is 5.92 Å². The predicted octanol–water partition coefficient (Wildman–Crippen LogP) is 1.99. The van der Waals surface area contributed by atoms with E-state index in [1.165, 1.54) is 12.8 Å². The van der Waals surface area contributed by atoms with Crippen LogP contribution < -0.4 is 16.2 Å². The van der Waals surface area contributed by atoms with Gasteiger partial charge >= 0.3 is 0 Å². The molecule has 0 bridgehead atoms. The van der Waals surface area contributed by atoms with Gasteiger partial charge in [0.05, 0.1) is 0 Å². The van der Waals surface area contributed by atoms with Gasteiger partial charge in [0.2, 0.25) is 0 Å². The zero-order chi connectivity index (χ0) is 11.5. The van der Waals surface area contributed by atoms with Crippen LogP contribution in [-0.4, -0.2) is 17.6 Å². The number of anilines is 2. The van der Waals surface area contributed by atoms with Gasteiger partial charge in [-0.2, -0.15) is 0 Å². The Morgan fingerprint density at radius 1 is 1.50 bits per heavy atom. The fourth-order valence-electron chi connectivity index (χ4n) is 1.87. The van der Waals surface area contributed by atoms with Gasteiger partial charge in [-0.3, -0.25) is 0 Å². The second kappa shape index (κ2) is 4.70. The summed E-state index contributed by atoms with van der Waals surface area (Å²) in [7, 11) is 0. The van der Waals surface area contributed by atoms with Crippen molar-refractivity contribution in [2.24, 2.45) is 11.8 Å². The molecular formula is C12H20N4. The van der Waals surface area contributed by atoms with Crippen LogP contribution in [0.1, 0.15) is 26.7 Å². The fourth-order valence-corrected chi connectivity index (χ4v) is 1.87. The highest BCUT2D eigenvalue weighted by Gasteiger charge is 2.30. The maximum absolute atomic E-state index is 5.38. The smallest absolute Gasteiger partial charge is 0.142 e. The van der Waals surface area contributed by atoms with Crippen molar-refractivity contribution in [2.45, 2.75) is 32.7 Å². The molecule has 4 heteroatoms. The third-order valence-electron chi connectivity index (χ3n) is 2.73. The van der Waals surface area contributed by atoms with Crippen molar-refractivity contribution in [2.75, 3.05) is 16.9 Å². The van der Waals surface area contributed by atoms with Crippen LogP contribution in [0.25, 0.3) is 0 Å². The Bertz CT molecular complexity index is 347. The molecule has 0 aromatic carbocycles. The number of nitrogen functional groups attached to an aromatic ring is 1. The Morgan fingerprint density at radius 3 is 2.81 bits per heavy atom. The maximum Gasteiger partial charge on any atom is 0.142 e. The maximum atomic E-state index is 5.38. The number of hydrogen-bond acceptors (Lipinski definition) is 4. The molecule has 1 fully saturated rings. The minimum Gasteiger partial charge on any atom is -0.353 e. The van der Waals surface area contributed by atoms with E-state index in [9.17, 15) is 0 Å². The SMILES string of the molecule is CC(C)CN(c1cccc(NN)n1)C1CC1. The molecule has 0 radical (unpaired) electrons. The topological polar surface area (TPSA) is 54.2 Å². The second-order valence-electron chi connectivity index (χ2n) is 4.80. The summed E-state index contributed by atoms with van der Waals surface area (Å²) in [6, 6.07) is 6.61. The van der Waals surface area contributed by atoms with Crippen molar-refractivity contribution in [3.8, 4) is 0 Å². The number of aromatic nitrogens is 1. The lowest BCUT2D eigenvalue weighted by atomic mass is 10.2. The van der Waals surface area contributed by atoms with Gasteiger partial charge in [-0.05, 0) is 30.9 Å². The highest BCUT2D eigenvalue weighted by Crippen LogP contribution is 2.31. The molecule has 1 aromatic heterocycles. The first-order chi connectivity index (χ1) is 7.70. The van der Waals surface area contributed by atoms with E-state index in [2.05, 4.69) is 35.2 Å². The van der Waals surface area contributed by atoms with Crippen LogP contribution in [0.4, 0.5) is 11.6 Å². The number of rotatable bonds is 5. The zero-order valence-corrected chi connectivity index (χ0v) is 9.98. The minimum absolute atomic E-state index is 0.650. The normalized spacial score (nSPS) is 15.2. The Hall–Kier alpha value is -1.29. The monoisotopic (exact) mass is 220 g/mol. The Balaban J connectivity index is 2.16. The van der Waals surface area contributed by atoms with Crippen molar-refractivity contribution >= 4 is 11.6 Å². The average molecular weight is 220 g/mol. The van der Waals surface area contributed by atoms with Gasteiger partial charge in [-0.15, -0.1) is 0 Å². The number of nitrogens with two attached hydrogens (primary N) is 1. The van der Waals surface area contributed by atoms with Gasteiger partial charge in [0, 0.05) is 12.6 Å². The molecule has 1 aromatic rings. The highest BCUT2D eigenvalue weighted by molar-refractivity contribution is 5.48. The van der Waals surface area contributed by atoms with E-state index in [0.29, 0.717) is 12.0 Å². The van der Waals surface area contributed by atoms with Crippen LogP contribution in [0.5, 0.6) is 0 Å². The summed E-state index contributed by atoms with van der Waals surface area (Å²) in [5, 5.41) is 0. The van der Waals surface area contributed by atoms with Crippen molar-refractivity contribution in [1.82, 2.24) is 4.98 Å². The quantitative estimate of drug-likeness (QED) is 0.588. The third-order valence-corrected chi connectivity index (χ3v) is 2.73. The first kappa shape index (κ1) is 11.2. The summed E-state index contributed by atoms with van der Waals surface area (Å²) in [6.45, 7) is 5.53.